The van der Waals surface area contributed by atoms with Crippen molar-refractivity contribution in [1.82, 2.24) is 30.5 Å². The van der Waals surface area contributed by atoms with Crippen molar-refractivity contribution in [1.29, 1.82) is 0 Å². The first-order valence-electron chi connectivity index (χ1n) is 18.9. The highest BCUT2D eigenvalue weighted by Crippen LogP contribution is 2.39. The van der Waals surface area contributed by atoms with Crippen molar-refractivity contribution in [2.45, 2.75) is 87.0 Å². The molecule has 3 heterocycles. The van der Waals surface area contributed by atoms with Gasteiger partial charge in [0, 0.05) is 60.1 Å². The van der Waals surface area contributed by atoms with Gasteiger partial charge in [-0.15, -0.1) is 0 Å². The predicted octanol–water partition coefficient (Wildman–Crippen LogP) is 5.41. The quantitative estimate of drug-likeness (QED) is 0.0558. The van der Waals surface area contributed by atoms with Crippen LogP contribution in [0.5, 0.6) is 0 Å². The van der Waals surface area contributed by atoms with Gasteiger partial charge in [-0.2, -0.15) is 0 Å². The summed E-state index contributed by atoms with van der Waals surface area (Å²) in [5.74, 6) is -1.38. The third-order valence-corrected chi connectivity index (χ3v) is 11.6. The number of benzene rings is 2. The number of carbonyl (C=O) groups excluding carboxylic acids is 3. The molecule has 2 aromatic carbocycles. The Bertz CT molecular complexity index is 2100. The monoisotopic (exact) mass is 797 g/mol. The summed E-state index contributed by atoms with van der Waals surface area (Å²) in [4.78, 5) is 55.4. The zero-order valence-corrected chi connectivity index (χ0v) is 33.8. The van der Waals surface area contributed by atoms with Gasteiger partial charge in [-0.05, 0) is 117 Å². The predicted molar refractivity (Wildman–Crippen MR) is 224 cm³/mol. The van der Waals surface area contributed by atoms with Gasteiger partial charge in [0.2, 0.25) is 17.7 Å². The number of unbranched alkanes of at least 4 members (excludes halogenated alkanes) is 1. The van der Waals surface area contributed by atoms with Gasteiger partial charge in [-0.3, -0.25) is 19.4 Å². The molecule has 0 unspecified atom stereocenters. The minimum absolute atomic E-state index is 0.219. The van der Waals surface area contributed by atoms with Crippen molar-refractivity contribution in [2.75, 3.05) is 20.1 Å². The van der Waals surface area contributed by atoms with Crippen molar-refractivity contribution >= 4 is 52.0 Å². The van der Waals surface area contributed by atoms with E-state index in [0.29, 0.717) is 56.8 Å². The highest BCUT2D eigenvalue weighted by atomic mass is 35.5. The number of halogens is 1. The van der Waals surface area contributed by atoms with E-state index in [1.54, 1.807) is 19.4 Å². The molecule has 0 bridgehead atoms. The second kappa shape index (κ2) is 20.4. The molecule has 0 aliphatic carbocycles. The zero-order chi connectivity index (χ0) is 40.2. The van der Waals surface area contributed by atoms with E-state index in [4.69, 9.17) is 28.8 Å². The Morgan fingerprint density at radius 3 is 2.39 bits per heavy atom. The van der Waals surface area contributed by atoms with Gasteiger partial charge in [-0.25, -0.2) is 4.98 Å². The number of aryl methyl sites for hydroxylation is 2. The number of rotatable bonds is 20. The van der Waals surface area contributed by atoms with Crippen LogP contribution in [0.25, 0.3) is 22.0 Å². The number of nitrogens with two attached hydrogens (primary N) is 3. The Morgan fingerprint density at radius 2 is 1.66 bits per heavy atom. The van der Waals surface area contributed by atoms with Crippen LogP contribution in [0.1, 0.15) is 54.5 Å². The van der Waals surface area contributed by atoms with Gasteiger partial charge in [0.05, 0.1) is 11.1 Å². The molecule has 14 heteroatoms. The topological polar surface area (TPSA) is 198 Å². The third kappa shape index (κ3) is 10.9. The summed E-state index contributed by atoms with van der Waals surface area (Å²) in [5.41, 5.74) is 24.2. The van der Waals surface area contributed by atoms with Crippen LogP contribution in [-0.2, 0) is 27.3 Å². The first-order chi connectivity index (χ1) is 27.0. The van der Waals surface area contributed by atoms with Crippen LogP contribution in [0.3, 0.4) is 0 Å². The Morgan fingerprint density at radius 1 is 0.893 bits per heavy atom. The number of aromatic nitrogens is 3. The van der Waals surface area contributed by atoms with E-state index in [1.165, 1.54) is 16.7 Å². The highest BCUT2D eigenvalue weighted by molar-refractivity contribution is 7.99. The van der Waals surface area contributed by atoms with E-state index in [1.807, 2.05) is 74.6 Å². The average molecular weight is 798 g/mol. The number of H-pyrrole nitrogens is 1. The first kappa shape index (κ1) is 42.4. The van der Waals surface area contributed by atoms with Gasteiger partial charge < -0.3 is 37.7 Å². The Hall–Kier alpha value is -4.79. The molecule has 0 spiro atoms. The van der Waals surface area contributed by atoms with E-state index >= 15 is 0 Å². The maximum atomic E-state index is 14.1. The molecule has 3 amide bonds. The molecular weight excluding hydrogens is 746 g/mol. The average Bonchev–Trinajstić information content (AvgIpc) is 3.60. The van der Waals surface area contributed by atoms with Gasteiger partial charge in [0.25, 0.3) is 0 Å². The molecule has 296 valence electrons. The number of fused-ring (bicyclic) bond motifs is 1. The van der Waals surface area contributed by atoms with Crippen molar-refractivity contribution < 1.29 is 14.4 Å². The molecule has 5 rings (SSSR count). The molecule has 3 aromatic heterocycles. The number of pyridine rings is 2. The van der Waals surface area contributed by atoms with Gasteiger partial charge >= 0.3 is 0 Å². The zero-order valence-electron chi connectivity index (χ0n) is 32.2. The van der Waals surface area contributed by atoms with Crippen molar-refractivity contribution in [3.05, 3.63) is 107 Å². The number of amides is 3. The molecule has 9 N–H and O–H groups in total. The van der Waals surface area contributed by atoms with Crippen molar-refractivity contribution in [2.24, 2.45) is 17.2 Å². The first-order valence-corrected chi connectivity index (χ1v) is 20.1. The SMILES string of the molecule is Cc1cc(-c2cc(C)c(Sc3ncccc3CN[C@@H](CCCN)C(=O)N[C@@H](CCCCN)C(=O)N(C)[C@@H](Cc3c[nH]c4ccccc34)C(N)=O)c(Cl)c2)ccn1. The van der Waals surface area contributed by atoms with Gasteiger partial charge in [0.15, 0.2) is 0 Å². The lowest BCUT2D eigenvalue weighted by atomic mass is 10.0. The fourth-order valence-electron chi connectivity index (χ4n) is 6.74. The molecule has 3 atom stereocenters. The van der Waals surface area contributed by atoms with E-state index in [-0.39, 0.29) is 12.3 Å². The molecule has 56 heavy (non-hydrogen) atoms. The lowest BCUT2D eigenvalue weighted by Gasteiger charge is -2.31. The van der Waals surface area contributed by atoms with E-state index in [9.17, 15) is 14.4 Å². The molecule has 0 radical (unpaired) electrons. The molecular formula is C42H52ClN9O3S. The number of hydrogen-bond acceptors (Lipinski definition) is 9. The summed E-state index contributed by atoms with van der Waals surface area (Å²) in [6.07, 6.45) is 8.21. The number of primary amides is 1. The highest BCUT2D eigenvalue weighted by Gasteiger charge is 2.33. The normalized spacial score (nSPS) is 13.0. The second-order valence-corrected chi connectivity index (χ2v) is 15.4. The summed E-state index contributed by atoms with van der Waals surface area (Å²) >= 11 is 8.35. The summed E-state index contributed by atoms with van der Waals surface area (Å²) in [7, 11) is 1.56. The van der Waals surface area contributed by atoms with Crippen LogP contribution in [0.2, 0.25) is 5.02 Å². The van der Waals surface area contributed by atoms with E-state index in [0.717, 1.165) is 54.3 Å². The minimum Gasteiger partial charge on any atom is -0.368 e. The Kier molecular flexibility index (Phi) is 15.4. The summed E-state index contributed by atoms with van der Waals surface area (Å²) < 4.78 is 0. The molecule has 0 saturated carbocycles. The fraction of sp³-hybridized carbons (Fsp3) is 0.357. The van der Waals surface area contributed by atoms with Crippen LogP contribution in [0, 0.1) is 13.8 Å². The fourth-order valence-corrected chi connectivity index (χ4v) is 8.08. The number of para-hydroxylation sites is 1. The lowest BCUT2D eigenvalue weighted by Crippen LogP contribution is -2.56. The molecule has 12 nitrogen and oxygen atoms in total. The van der Waals surface area contributed by atoms with Crippen LogP contribution < -0.4 is 27.8 Å². The number of aromatic amines is 1. The largest absolute Gasteiger partial charge is 0.368 e. The van der Waals surface area contributed by atoms with Gasteiger partial charge in [-0.1, -0.05) is 53.7 Å². The molecule has 0 saturated heterocycles. The van der Waals surface area contributed by atoms with Crippen LogP contribution in [-0.4, -0.2) is 75.8 Å². The molecule has 0 aliphatic heterocycles. The second-order valence-electron chi connectivity index (χ2n) is 14.0. The molecule has 0 aliphatic rings. The van der Waals surface area contributed by atoms with Crippen molar-refractivity contribution in [3.63, 3.8) is 0 Å². The van der Waals surface area contributed by atoms with Crippen LogP contribution >= 0.6 is 23.4 Å². The summed E-state index contributed by atoms with van der Waals surface area (Å²) in [6.45, 7) is 5.14. The van der Waals surface area contributed by atoms with Crippen LogP contribution in [0.4, 0.5) is 0 Å². The summed E-state index contributed by atoms with van der Waals surface area (Å²) in [6, 6.07) is 17.1. The maximum absolute atomic E-state index is 14.1. The molecule has 5 aromatic rings. The standard InChI is InChI=1S/C42H52ClN9O3S/c1-26-20-30(28-15-19-47-27(2)21-28)22-33(43)38(26)56-41-29(10-9-18-48-41)24-50-35(14-8-17-45)40(54)51-36(13-6-7-16-44)42(55)52(3)37(39(46)53)23-31-25-49-34-12-5-4-11-32(31)34/h4-5,9-12,15,18-22,25,35-37,49-50H,6-8,13-14,16-17,23-24,44-45H2,1-3H3,(H2,46,53)(H,51,54)/t35-,36-,37-/m0/s1. The number of nitrogens with one attached hydrogen (secondary N) is 3. The lowest BCUT2D eigenvalue weighted by molar-refractivity contribution is -0.141. The molecule has 0 fully saturated rings. The summed E-state index contributed by atoms with van der Waals surface area (Å²) in [5, 5.41) is 8.72. The smallest absolute Gasteiger partial charge is 0.245 e. The van der Waals surface area contributed by atoms with Gasteiger partial charge in [0.1, 0.15) is 17.1 Å². The Balaban J connectivity index is 1.31. The number of carbonyl (C=O) groups is 3. The Labute approximate surface area is 337 Å². The van der Waals surface area contributed by atoms with E-state index < -0.39 is 29.9 Å². The van der Waals surface area contributed by atoms with Crippen LogP contribution in [0.15, 0.2) is 89.2 Å². The van der Waals surface area contributed by atoms with Crippen molar-refractivity contribution in [3.8, 4) is 11.1 Å². The maximum Gasteiger partial charge on any atom is 0.245 e. The number of hydrogen-bond donors (Lipinski definition) is 6. The number of likely N-dealkylation sites (N-methyl/N-ethyl adjacent to an activating group) is 1. The number of nitrogens with zero attached hydrogens (tertiary/aromatic N) is 3. The third-order valence-electron chi connectivity index (χ3n) is 9.85. The minimum atomic E-state index is -0.934. The van der Waals surface area contributed by atoms with E-state index in [2.05, 4.69) is 31.7 Å².